The first-order valence-electron chi connectivity index (χ1n) is 8.27. The van der Waals surface area contributed by atoms with Crippen molar-refractivity contribution in [2.45, 2.75) is 19.5 Å². The van der Waals surface area contributed by atoms with Gasteiger partial charge >= 0.3 is 5.76 Å². The molecule has 0 aliphatic carbocycles. The highest BCUT2D eigenvalue weighted by Crippen LogP contribution is 2.23. The summed E-state index contributed by atoms with van der Waals surface area (Å²) >= 11 is 1.40. The van der Waals surface area contributed by atoms with Gasteiger partial charge in [-0.25, -0.2) is 4.79 Å². The molecule has 27 heavy (non-hydrogen) atoms. The van der Waals surface area contributed by atoms with E-state index in [0.29, 0.717) is 18.5 Å². The lowest BCUT2D eigenvalue weighted by molar-refractivity contribution is 0.0966. The first-order chi connectivity index (χ1) is 13.2. The van der Waals surface area contributed by atoms with Gasteiger partial charge < -0.3 is 8.98 Å². The number of Topliss-reactive ketones (excluding diaryl/α,β-unsaturated/α-hetero) is 1. The molecule has 134 valence electrons. The molecule has 7 nitrogen and oxygen atoms in total. The molecule has 0 spiro atoms. The third-order valence-electron chi connectivity index (χ3n) is 4.19. The number of aromatic nitrogens is 3. The van der Waals surface area contributed by atoms with E-state index >= 15 is 0 Å². The van der Waals surface area contributed by atoms with Gasteiger partial charge in [-0.15, -0.1) is 16.4 Å². The summed E-state index contributed by atoms with van der Waals surface area (Å²) in [5.74, 6) is -0.700. The Morgan fingerprint density at radius 3 is 2.89 bits per heavy atom. The van der Waals surface area contributed by atoms with Gasteiger partial charge in [0.15, 0.2) is 5.78 Å². The Labute approximate surface area is 157 Å². The van der Waals surface area contributed by atoms with Gasteiger partial charge in [0.1, 0.15) is 6.54 Å². The highest BCUT2D eigenvalue weighted by atomic mass is 32.1. The maximum absolute atomic E-state index is 12.8. The molecule has 0 atom stereocenters. The van der Waals surface area contributed by atoms with Crippen LogP contribution in [0.1, 0.15) is 16.8 Å². The van der Waals surface area contributed by atoms with Gasteiger partial charge in [0.2, 0.25) is 0 Å². The molecule has 0 radical (unpaired) electrons. The lowest BCUT2D eigenvalue weighted by Crippen LogP contribution is -2.21. The van der Waals surface area contributed by atoms with Crippen LogP contribution in [0.4, 0.5) is 0 Å². The number of hydrogen-bond acceptors (Lipinski definition) is 6. The molecule has 0 unspecified atom stereocenters. The Morgan fingerprint density at radius 2 is 2.11 bits per heavy atom. The summed E-state index contributed by atoms with van der Waals surface area (Å²) in [4.78, 5) is 25.6. The first kappa shape index (κ1) is 17.0. The van der Waals surface area contributed by atoms with Crippen LogP contribution in [0.2, 0.25) is 0 Å². The molecule has 4 rings (SSSR count). The number of para-hydroxylation sites is 1. The Balaban J connectivity index is 1.66. The molecule has 3 heterocycles. The summed E-state index contributed by atoms with van der Waals surface area (Å²) < 4.78 is 8.08. The highest BCUT2D eigenvalue weighted by Gasteiger charge is 2.18. The van der Waals surface area contributed by atoms with Crippen molar-refractivity contribution in [3.63, 3.8) is 0 Å². The fourth-order valence-electron chi connectivity index (χ4n) is 2.95. The Kier molecular flexibility index (Phi) is 4.44. The minimum absolute atomic E-state index is 0.208. The second-order valence-electron chi connectivity index (χ2n) is 5.89. The largest absolute Gasteiger partial charge is 0.437 e. The molecule has 0 saturated heterocycles. The van der Waals surface area contributed by atoms with E-state index in [1.807, 2.05) is 40.3 Å². The molecule has 1 aromatic carbocycles. The molecule has 0 aliphatic heterocycles. The van der Waals surface area contributed by atoms with Crippen molar-refractivity contribution in [1.29, 1.82) is 5.26 Å². The summed E-state index contributed by atoms with van der Waals surface area (Å²) in [5.41, 5.74) is 1.37. The van der Waals surface area contributed by atoms with E-state index in [1.54, 1.807) is 12.3 Å². The van der Waals surface area contributed by atoms with E-state index in [1.165, 1.54) is 11.3 Å². The van der Waals surface area contributed by atoms with Crippen LogP contribution in [-0.2, 0) is 13.1 Å². The van der Waals surface area contributed by atoms with Crippen LogP contribution in [0.15, 0.2) is 57.2 Å². The summed E-state index contributed by atoms with van der Waals surface area (Å²) in [5, 5.41) is 15.6. The van der Waals surface area contributed by atoms with Crippen molar-refractivity contribution in [1.82, 2.24) is 14.3 Å². The topological polar surface area (TPSA) is 93.8 Å². The lowest BCUT2D eigenvalue weighted by Gasteiger charge is -2.00. The summed E-state index contributed by atoms with van der Waals surface area (Å²) in [6.45, 7) is 0.288. The minimum atomic E-state index is -0.667. The second-order valence-corrected chi connectivity index (χ2v) is 6.84. The third kappa shape index (κ3) is 3.20. The van der Waals surface area contributed by atoms with Crippen LogP contribution in [0.25, 0.3) is 21.7 Å². The van der Waals surface area contributed by atoms with Gasteiger partial charge in [-0.05, 0) is 17.5 Å². The number of thiophene rings is 1. The Morgan fingerprint density at radius 1 is 1.26 bits per heavy atom. The molecular formula is C19H14N4O3S. The normalized spacial score (nSPS) is 10.9. The average Bonchev–Trinajstić information content (AvgIpc) is 3.39. The molecule has 3 aromatic heterocycles. The zero-order valence-corrected chi connectivity index (χ0v) is 15.0. The first-order valence-corrected chi connectivity index (χ1v) is 9.15. The molecule has 8 heteroatoms. The maximum Gasteiger partial charge on any atom is 0.437 e. The maximum atomic E-state index is 12.8. The van der Waals surface area contributed by atoms with Crippen LogP contribution in [0, 0.1) is 11.3 Å². The number of ketones is 1. The standard InChI is InChI=1S/C19H14N4O3S/c20-8-4-9-22-11-14(13-5-1-2-6-15(13)22)16(24)12-23-19(25)26-18(21-23)17-7-3-10-27-17/h1-3,5-7,10-11H,4,9,12H2. The number of carbonyl (C=O) groups is 1. The smallest absolute Gasteiger partial charge is 0.387 e. The SMILES string of the molecule is N#CCCn1cc(C(=O)Cn2nc(-c3cccs3)oc2=O)c2ccccc21. The van der Waals surface area contributed by atoms with Crippen LogP contribution in [-0.4, -0.2) is 20.1 Å². The summed E-state index contributed by atoms with van der Waals surface area (Å²) in [6.07, 6.45) is 2.08. The van der Waals surface area contributed by atoms with E-state index in [2.05, 4.69) is 11.2 Å². The molecule has 0 aliphatic rings. The number of nitriles is 1. The van der Waals surface area contributed by atoms with Gasteiger partial charge in [-0.2, -0.15) is 9.94 Å². The molecule has 0 N–H and O–H groups in total. The predicted molar refractivity (Wildman–Crippen MR) is 101 cm³/mol. The molecule has 0 saturated carbocycles. The Hall–Kier alpha value is -3.44. The van der Waals surface area contributed by atoms with Crippen molar-refractivity contribution in [3.05, 3.63) is 64.1 Å². The number of nitrogens with zero attached hydrogens (tertiary/aromatic N) is 4. The minimum Gasteiger partial charge on any atom is -0.387 e. The molecule has 4 aromatic rings. The summed E-state index contributed by atoms with van der Waals surface area (Å²) in [6, 6.07) is 13.2. The van der Waals surface area contributed by atoms with E-state index in [9.17, 15) is 9.59 Å². The Bertz CT molecular complexity index is 1210. The number of benzene rings is 1. The van der Waals surface area contributed by atoms with E-state index in [-0.39, 0.29) is 18.2 Å². The van der Waals surface area contributed by atoms with E-state index < -0.39 is 5.76 Å². The zero-order valence-electron chi connectivity index (χ0n) is 14.2. The third-order valence-corrected chi connectivity index (χ3v) is 5.04. The summed E-state index contributed by atoms with van der Waals surface area (Å²) in [7, 11) is 0. The van der Waals surface area contributed by atoms with E-state index in [0.717, 1.165) is 20.5 Å². The lowest BCUT2D eigenvalue weighted by atomic mass is 10.1. The van der Waals surface area contributed by atoms with Gasteiger partial charge in [0.05, 0.1) is 17.4 Å². The average molecular weight is 378 g/mol. The van der Waals surface area contributed by atoms with E-state index in [4.69, 9.17) is 9.68 Å². The fourth-order valence-corrected chi connectivity index (χ4v) is 3.60. The van der Waals surface area contributed by atoms with Crippen molar-refractivity contribution < 1.29 is 9.21 Å². The van der Waals surface area contributed by atoms with Gasteiger partial charge in [-0.3, -0.25) is 4.79 Å². The van der Waals surface area contributed by atoms with Crippen LogP contribution < -0.4 is 5.76 Å². The number of aryl methyl sites for hydroxylation is 1. The van der Waals surface area contributed by atoms with Crippen LogP contribution >= 0.6 is 11.3 Å². The number of carbonyl (C=O) groups excluding carboxylic acids is 1. The van der Waals surface area contributed by atoms with Crippen molar-refractivity contribution in [2.24, 2.45) is 0 Å². The zero-order chi connectivity index (χ0) is 18.8. The quantitative estimate of drug-likeness (QED) is 0.480. The second kappa shape index (κ2) is 7.05. The van der Waals surface area contributed by atoms with Gasteiger partial charge in [-0.1, -0.05) is 24.3 Å². The van der Waals surface area contributed by atoms with Crippen molar-refractivity contribution in [2.75, 3.05) is 0 Å². The molecule has 0 bridgehead atoms. The van der Waals surface area contributed by atoms with Gasteiger partial charge in [0, 0.05) is 29.2 Å². The van der Waals surface area contributed by atoms with Crippen molar-refractivity contribution in [3.8, 4) is 16.8 Å². The van der Waals surface area contributed by atoms with Crippen LogP contribution in [0.5, 0.6) is 0 Å². The number of hydrogen-bond donors (Lipinski definition) is 0. The molecule has 0 amide bonds. The number of rotatable bonds is 6. The van der Waals surface area contributed by atoms with Gasteiger partial charge in [0.25, 0.3) is 5.89 Å². The predicted octanol–water partition coefficient (Wildman–Crippen LogP) is 3.32. The molecular weight excluding hydrogens is 364 g/mol. The fraction of sp³-hybridized carbons (Fsp3) is 0.158. The van der Waals surface area contributed by atoms with Crippen molar-refractivity contribution >= 4 is 28.0 Å². The van der Waals surface area contributed by atoms with Crippen LogP contribution in [0.3, 0.4) is 0 Å². The number of fused-ring (bicyclic) bond motifs is 1. The highest BCUT2D eigenvalue weighted by molar-refractivity contribution is 7.13. The monoisotopic (exact) mass is 378 g/mol. The molecule has 0 fully saturated rings.